The SMILES string of the molecule is C[C@]12CC[C@](C)(O1)[C@H](OC1CCc3ccccc31)C2. The van der Waals surface area contributed by atoms with Crippen LogP contribution < -0.4 is 0 Å². The first kappa shape index (κ1) is 11.9. The van der Waals surface area contributed by atoms with Gasteiger partial charge in [0, 0.05) is 6.42 Å². The minimum atomic E-state index is -0.0493. The van der Waals surface area contributed by atoms with Crippen molar-refractivity contribution >= 4 is 0 Å². The van der Waals surface area contributed by atoms with Crippen LogP contribution in [0.25, 0.3) is 0 Å². The van der Waals surface area contributed by atoms with E-state index in [-0.39, 0.29) is 23.4 Å². The molecule has 1 aliphatic carbocycles. The molecule has 1 aromatic rings. The standard InChI is InChI=1S/C17H22O2/c1-16-9-10-17(2,19-16)15(11-16)18-14-8-7-12-5-3-4-6-13(12)14/h3-6,14-15H,7-11H2,1-2H3/t14?,15-,16-,17+/m1/s1. The smallest absolute Gasteiger partial charge is 0.0924 e. The highest BCUT2D eigenvalue weighted by Gasteiger charge is 2.57. The summed E-state index contributed by atoms with van der Waals surface area (Å²) >= 11 is 0. The van der Waals surface area contributed by atoms with Crippen LogP contribution in [0.15, 0.2) is 24.3 Å². The number of rotatable bonds is 2. The number of hydrogen-bond donors (Lipinski definition) is 0. The quantitative estimate of drug-likeness (QED) is 0.803. The highest BCUT2D eigenvalue weighted by Crippen LogP contribution is 2.53. The van der Waals surface area contributed by atoms with Crippen molar-refractivity contribution in [3.63, 3.8) is 0 Å². The van der Waals surface area contributed by atoms with E-state index in [0.717, 1.165) is 25.7 Å². The van der Waals surface area contributed by atoms with E-state index in [2.05, 4.69) is 38.1 Å². The maximum absolute atomic E-state index is 6.48. The fourth-order valence-corrected chi connectivity index (χ4v) is 4.21. The zero-order valence-electron chi connectivity index (χ0n) is 11.8. The van der Waals surface area contributed by atoms with Gasteiger partial charge >= 0.3 is 0 Å². The Bertz CT molecular complexity index is 512. The summed E-state index contributed by atoms with van der Waals surface area (Å²) in [7, 11) is 0. The van der Waals surface area contributed by atoms with E-state index in [1.165, 1.54) is 17.5 Å². The summed E-state index contributed by atoms with van der Waals surface area (Å²) in [4.78, 5) is 0. The monoisotopic (exact) mass is 258 g/mol. The Morgan fingerprint density at radius 2 is 2.05 bits per heavy atom. The molecule has 2 bridgehead atoms. The molecular weight excluding hydrogens is 236 g/mol. The Labute approximate surface area is 115 Å². The van der Waals surface area contributed by atoms with E-state index in [4.69, 9.17) is 9.47 Å². The van der Waals surface area contributed by atoms with Gasteiger partial charge in [-0.1, -0.05) is 24.3 Å². The van der Waals surface area contributed by atoms with Gasteiger partial charge in [0.1, 0.15) is 0 Å². The van der Waals surface area contributed by atoms with Gasteiger partial charge in [-0.15, -0.1) is 0 Å². The van der Waals surface area contributed by atoms with Gasteiger partial charge in [-0.2, -0.15) is 0 Å². The minimum Gasteiger partial charge on any atom is -0.367 e. The number of hydrogen-bond acceptors (Lipinski definition) is 2. The molecular formula is C17H22O2. The lowest BCUT2D eigenvalue weighted by Gasteiger charge is -2.31. The molecule has 0 aromatic heterocycles. The summed E-state index contributed by atoms with van der Waals surface area (Å²) in [5, 5.41) is 0. The number of fused-ring (bicyclic) bond motifs is 3. The Kier molecular flexibility index (Phi) is 2.40. The van der Waals surface area contributed by atoms with Crippen molar-refractivity contribution in [1.29, 1.82) is 0 Å². The van der Waals surface area contributed by atoms with E-state index in [1.54, 1.807) is 0 Å². The van der Waals surface area contributed by atoms with Gasteiger partial charge in [-0.3, -0.25) is 0 Å². The maximum atomic E-state index is 6.48. The summed E-state index contributed by atoms with van der Waals surface area (Å²) < 4.78 is 12.7. The summed E-state index contributed by atoms with van der Waals surface area (Å²) in [5.74, 6) is 0. The molecule has 2 heterocycles. The molecule has 0 saturated carbocycles. The topological polar surface area (TPSA) is 18.5 Å². The molecule has 2 aliphatic heterocycles. The predicted molar refractivity (Wildman–Crippen MR) is 74.1 cm³/mol. The van der Waals surface area contributed by atoms with Crippen LogP contribution in [0.2, 0.25) is 0 Å². The zero-order chi connectivity index (χ0) is 13.1. The summed E-state index contributed by atoms with van der Waals surface area (Å²) in [5.41, 5.74) is 2.89. The summed E-state index contributed by atoms with van der Waals surface area (Å²) in [6.07, 6.45) is 6.22. The molecule has 1 unspecified atom stereocenters. The van der Waals surface area contributed by atoms with Crippen LogP contribution in [-0.2, 0) is 15.9 Å². The molecule has 4 atom stereocenters. The second-order valence-corrected chi connectivity index (χ2v) is 6.92. The third-order valence-corrected chi connectivity index (χ3v) is 5.33. The van der Waals surface area contributed by atoms with Crippen molar-refractivity contribution in [2.45, 2.75) is 69.4 Å². The fraction of sp³-hybridized carbons (Fsp3) is 0.647. The van der Waals surface area contributed by atoms with Crippen LogP contribution in [0.5, 0.6) is 0 Å². The molecule has 2 fully saturated rings. The molecule has 102 valence electrons. The minimum absolute atomic E-state index is 0.0493. The zero-order valence-corrected chi connectivity index (χ0v) is 11.8. The van der Waals surface area contributed by atoms with E-state index < -0.39 is 0 Å². The van der Waals surface area contributed by atoms with Gasteiger partial charge in [0.25, 0.3) is 0 Å². The van der Waals surface area contributed by atoms with Crippen LogP contribution in [0.3, 0.4) is 0 Å². The Balaban J connectivity index is 1.55. The van der Waals surface area contributed by atoms with Crippen molar-refractivity contribution in [3.05, 3.63) is 35.4 Å². The molecule has 4 rings (SSSR count). The third-order valence-electron chi connectivity index (χ3n) is 5.33. The molecule has 1 aromatic carbocycles. The molecule has 0 radical (unpaired) electrons. The molecule has 3 aliphatic rings. The normalized spacial score (nSPS) is 43.7. The lowest BCUT2D eigenvalue weighted by Crippen LogP contribution is -2.38. The summed E-state index contributed by atoms with van der Waals surface area (Å²) in [6, 6.07) is 8.72. The lowest BCUT2D eigenvalue weighted by atomic mass is 9.81. The highest BCUT2D eigenvalue weighted by atomic mass is 16.6. The molecule has 0 amide bonds. The third kappa shape index (κ3) is 1.77. The van der Waals surface area contributed by atoms with Gasteiger partial charge in [-0.05, 0) is 50.7 Å². The molecule has 2 heteroatoms. The van der Waals surface area contributed by atoms with Gasteiger partial charge in [-0.25, -0.2) is 0 Å². The van der Waals surface area contributed by atoms with Gasteiger partial charge in [0.2, 0.25) is 0 Å². The van der Waals surface area contributed by atoms with Gasteiger partial charge < -0.3 is 9.47 Å². The second-order valence-electron chi connectivity index (χ2n) is 6.92. The van der Waals surface area contributed by atoms with Crippen molar-refractivity contribution in [3.8, 4) is 0 Å². The van der Waals surface area contributed by atoms with Crippen LogP contribution in [0, 0.1) is 0 Å². The van der Waals surface area contributed by atoms with Crippen molar-refractivity contribution in [2.75, 3.05) is 0 Å². The van der Waals surface area contributed by atoms with Crippen LogP contribution >= 0.6 is 0 Å². The first-order valence-corrected chi connectivity index (χ1v) is 7.52. The van der Waals surface area contributed by atoms with E-state index in [0.29, 0.717) is 0 Å². The molecule has 2 saturated heterocycles. The van der Waals surface area contributed by atoms with Crippen LogP contribution in [0.4, 0.5) is 0 Å². The van der Waals surface area contributed by atoms with Gasteiger partial charge in [0.15, 0.2) is 0 Å². The van der Waals surface area contributed by atoms with E-state index in [9.17, 15) is 0 Å². The van der Waals surface area contributed by atoms with E-state index in [1.807, 2.05) is 0 Å². The molecule has 0 spiro atoms. The maximum Gasteiger partial charge on any atom is 0.0924 e. The van der Waals surface area contributed by atoms with E-state index >= 15 is 0 Å². The van der Waals surface area contributed by atoms with Crippen LogP contribution in [0.1, 0.15) is 56.8 Å². The Morgan fingerprint density at radius 3 is 2.79 bits per heavy atom. The molecule has 2 nitrogen and oxygen atoms in total. The fourth-order valence-electron chi connectivity index (χ4n) is 4.21. The molecule has 0 N–H and O–H groups in total. The Hall–Kier alpha value is -0.860. The van der Waals surface area contributed by atoms with Crippen LogP contribution in [-0.4, -0.2) is 17.3 Å². The van der Waals surface area contributed by atoms with Gasteiger partial charge in [0.05, 0.1) is 23.4 Å². The first-order chi connectivity index (χ1) is 9.08. The van der Waals surface area contributed by atoms with Crippen molar-refractivity contribution in [1.82, 2.24) is 0 Å². The first-order valence-electron chi connectivity index (χ1n) is 7.52. The average Bonchev–Trinajstić information content (AvgIpc) is 2.99. The number of benzene rings is 1. The Morgan fingerprint density at radius 1 is 1.21 bits per heavy atom. The highest BCUT2D eigenvalue weighted by molar-refractivity contribution is 5.33. The summed E-state index contributed by atoms with van der Waals surface area (Å²) in [6.45, 7) is 4.47. The number of aryl methyl sites for hydroxylation is 1. The number of ether oxygens (including phenoxy) is 2. The predicted octanol–water partition coefficient (Wildman–Crippen LogP) is 3.79. The lowest BCUT2D eigenvalue weighted by molar-refractivity contribution is -0.102. The van der Waals surface area contributed by atoms with Crippen molar-refractivity contribution < 1.29 is 9.47 Å². The second kappa shape index (κ2) is 3.83. The average molecular weight is 258 g/mol. The molecule has 19 heavy (non-hydrogen) atoms. The largest absolute Gasteiger partial charge is 0.367 e. The van der Waals surface area contributed by atoms with Crippen molar-refractivity contribution in [2.24, 2.45) is 0 Å².